The van der Waals surface area contributed by atoms with Crippen molar-refractivity contribution in [3.05, 3.63) is 34.6 Å². The maximum Gasteiger partial charge on any atom is 0.232 e. The number of carbonyl (C=O) groups excluding carboxylic acids is 2. The number of amides is 2. The van der Waals surface area contributed by atoms with Crippen molar-refractivity contribution < 1.29 is 9.59 Å². The number of nitrogens with zero attached hydrogens (tertiary/aromatic N) is 3. The van der Waals surface area contributed by atoms with E-state index < -0.39 is 5.92 Å². The van der Waals surface area contributed by atoms with Gasteiger partial charge in [0.25, 0.3) is 0 Å². The molecule has 7 nitrogen and oxygen atoms in total. The molecule has 0 saturated carbocycles. The van der Waals surface area contributed by atoms with Gasteiger partial charge in [0.2, 0.25) is 17.8 Å². The number of hydrogen-bond acceptors (Lipinski definition) is 4. The van der Waals surface area contributed by atoms with Gasteiger partial charge >= 0.3 is 0 Å². The lowest BCUT2D eigenvalue weighted by Crippen LogP contribution is -2.28. The minimum Gasteiger partial charge on any atom is -0.312 e. The molecular formula is C14H14BrN5O2. The van der Waals surface area contributed by atoms with Crippen LogP contribution in [-0.2, 0) is 9.59 Å². The van der Waals surface area contributed by atoms with Crippen LogP contribution in [0.5, 0.6) is 0 Å². The molecule has 1 saturated heterocycles. The predicted molar refractivity (Wildman–Crippen MR) is 84.4 cm³/mol. The van der Waals surface area contributed by atoms with Crippen LogP contribution in [0.3, 0.4) is 0 Å². The van der Waals surface area contributed by atoms with Gasteiger partial charge in [0, 0.05) is 23.1 Å². The normalized spacial score (nSPS) is 17.8. The van der Waals surface area contributed by atoms with E-state index in [1.807, 2.05) is 25.1 Å². The van der Waals surface area contributed by atoms with Gasteiger partial charge < -0.3 is 4.90 Å². The molecule has 1 atom stereocenters. The van der Waals surface area contributed by atoms with Gasteiger partial charge in [-0.3, -0.25) is 14.9 Å². The highest BCUT2D eigenvalue weighted by Crippen LogP contribution is 2.28. The van der Waals surface area contributed by atoms with Crippen molar-refractivity contribution in [1.29, 1.82) is 0 Å². The quantitative estimate of drug-likeness (QED) is 0.870. The molecule has 0 spiro atoms. The Kier molecular flexibility index (Phi) is 3.93. The van der Waals surface area contributed by atoms with E-state index in [4.69, 9.17) is 0 Å². The summed E-state index contributed by atoms with van der Waals surface area (Å²) >= 11 is 3.44. The molecule has 1 aromatic carbocycles. The summed E-state index contributed by atoms with van der Waals surface area (Å²) in [5, 5.41) is 8.85. The fourth-order valence-electron chi connectivity index (χ4n) is 2.41. The van der Waals surface area contributed by atoms with Gasteiger partial charge in [0.05, 0.1) is 5.92 Å². The Morgan fingerprint density at radius 3 is 3.00 bits per heavy atom. The van der Waals surface area contributed by atoms with Crippen LogP contribution < -0.4 is 10.2 Å². The molecule has 1 aliphatic rings. The van der Waals surface area contributed by atoms with E-state index in [2.05, 4.69) is 36.4 Å². The smallest absolute Gasteiger partial charge is 0.232 e. The van der Waals surface area contributed by atoms with Crippen LogP contribution in [-0.4, -0.2) is 33.5 Å². The predicted octanol–water partition coefficient (Wildman–Crippen LogP) is 1.87. The Morgan fingerprint density at radius 2 is 2.32 bits per heavy atom. The number of nitrogens with one attached hydrogen (secondary N) is 2. The van der Waals surface area contributed by atoms with Gasteiger partial charge in [0.1, 0.15) is 6.33 Å². The molecule has 0 bridgehead atoms. The van der Waals surface area contributed by atoms with Gasteiger partial charge in [-0.15, -0.1) is 0 Å². The summed E-state index contributed by atoms with van der Waals surface area (Å²) in [6.07, 6.45) is 1.50. The second-order valence-electron chi connectivity index (χ2n) is 5.16. The van der Waals surface area contributed by atoms with E-state index in [9.17, 15) is 9.59 Å². The first-order valence-electron chi connectivity index (χ1n) is 6.77. The molecule has 1 fully saturated rings. The van der Waals surface area contributed by atoms with Crippen LogP contribution in [0.1, 0.15) is 12.0 Å². The fraction of sp³-hybridized carbons (Fsp3) is 0.286. The summed E-state index contributed by atoms with van der Waals surface area (Å²) in [6, 6.07) is 5.70. The molecule has 3 rings (SSSR count). The highest BCUT2D eigenvalue weighted by molar-refractivity contribution is 9.10. The number of aryl methyl sites for hydroxylation is 1. The number of rotatable bonds is 3. The lowest BCUT2D eigenvalue weighted by atomic mass is 10.1. The zero-order valence-corrected chi connectivity index (χ0v) is 13.4. The first-order valence-corrected chi connectivity index (χ1v) is 7.56. The Morgan fingerprint density at radius 1 is 1.50 bits per heavy atom. The Hall–Kier alpha value is -2.22. The third-order valence-electron chi connectivity index (χ3n) is 3.61. The van der Waals surface area contributed by atoms with Gasteiger partial charge in [-0.05, 0) is 30.7 Å². The maximum atomic E-state index is 12.2. The third kappa shape index (κ3) is 2.87. The molecule has 0 aliphatic carbocycles. The number of H-pyrrole nitrogens is 1. The van der Waals surface area contributed by atoms with Gasteiger partial charge in [-0.1, -0.05) is 15.9 Å². The first-order chi connectivity index (χ1) is 10.5. The van der Waals surface area contributed by atoms with Crippen molar-refractivity contribution in [2.24, 2.45) is 5.92 Å². The Balaban J connectivity index is 1.72. The van der Waals surface area contributed by atoms with Crippen LogP contribution in [0.2, 0.25) is 0 Å². The average Bonchev–Trinajstić information content (AvgIpc) is 3.11. The van der Waals surface area contributed by atoms with E-state index in [1.165, 1.54) is 6.33 Å². The molecule has 0 radical (unpaired) electrons. The molecule has 2 aromatic rings. The molecule has 2 amide bonds. The summed E-state index contributed by atoms with van der Waals surface area (Å²) in [5.41, 5.74) is 1.85. The van der Waals surface area contributed by atoms with Crippen molar-refractivity contribution in [3.8, 4) is 0 Å². The minimum atomic E-state index is -0.401. The molecule has 1 aliphatic heterocycles. The highest BCUT2D eigenvalue weighted by atomic mass is 79.9. The van der Waals surface area contributed by atoms with Gasteiger partial charge in [-0.2, -0.15) is 10.1 Å². The topological polar surface area (TPSA) is 91.0 Å². The van der Waals surface area contributed by atoms with Crippen LogP contribution >= 0.6 is 15.9 Å². The lowest BCUT2D eigenvalue weighted by molar-refractivity contribution is -0.122. The molecular weight excluding hydrogens is 350 g/mol. The van der Waals surface area contributed by atoms with Crippen molar-refractivity contribution in [2.45, 2.75) is 13.3 Å². The number of aromatic amines is 1. The van der Waals surface area contributed by atoms with Crippen LogP contribution in [0.4, 0.5) is 11.6 Å². The maximum absolute atomic E-state index is 12.2. The Bertz CT molecular complexity index is 716. The number of anilines is 2. The standard InChI is InChI=1S/C14H14BrN5O2/c1-8-4-10(2-3-11(8)15)20-6-9(5-12(20)21)13(22)18-14-16-7-17-19-14/h2-4,7,9H,5-6H2,1H3,(H2,16,17,18,19,22). The number of hydrogen-bond donors (Lipinski definition) is 2. The lowest BCUT2D eigenvalue weighted by Gasteiger charge is -2.17. The molecule has 114 valence electrons. The third-order valence-corrected chi connectivity index (χ3v) is 4.50. The minimum absolute atomic E-state index is 0.0561. The van der Waals surface area contributed by atoms with Crippen LogP contribution in [0.15, 0.2) is 29.0 Å². The average molecular weight is 364 g/mol. The summed E-state index contributed by atoms with van der Waals surface area (Å²) < 4.78 is 0.988. The SMILES string of the molecule is Cc1cc(N2CC(C(=O)Nc3ncn[nH]3)CC2=O)ccc1Br. The van der Waals surface area contributed by atoms with E-state index in [-0.39, 0.29) is 24.2 Å². The molecule has 1 aromatic heterocycles. The largest absolute Gasteiger partial charge is 0.312 e. The van der Waals surface area contributed by atoms with Crippen molar-refractivity contribution >= 4 is 39.4 Å². The highest BCUT2D eigenvalue weighted by Gasteiger charge is 2.35. The van der Waals surface area contributed by atoms with E-state index >= 15 is 0 Å². The summed E-state index contributed by atoms with van der Waals surface area (Å²) in [6.45, 7) is 2.32. The van der Waals surface area contributed by atoms with Crippen molar-refractivity contribution in [2.75, 3.05) is 16.8 Å². The molecule has 2 heterocycles. The van der Waals surface area contributed by atoms with Crippen molar-refractivity contribution in [3.63, 3.8) is 0 Å². The van der Waals surface area contributed by atoms with Gasteiger partial charge in [0.15, 0.2) is 0 Å². The zero-order chi connectivity index (χ0) is 15.7. The number of carbonyl (C=O) groups is 2. The Labute approximate surface area is 135 Å². The second kappa shape index (κ2) is 5.88. The molecule has 1 unspecified atom stereocenters. The second-order valence-corrected chi connectivity index (χ2v) is 6.02. The monoisotopic (exact) mass is 363 g/mol. The number of halogens is 1. The van der Waals surface area contributed by atoms with Crippen LogP contribution in [0.25, 0.3) is 0 Å². The van der Waals surface area contributed by atoms with E-state index in [0.29, 0.717) is 6.54 Å². The molecule has 2 N–H and O–H groups in total. The molecule has 8 heteroatoms. The van der Waals surface area contributed by atoms with Gasteiger partial charge in [-0.25, -0.2) is 5.10 Å². The summed E-state index contributed by atoms with van der Waals surface area (Å²) in [5.74, 6) is -0.405. The zero-order valence-electron chi connectivity index (χ0n) is 11.8. The van der Waals surface area contributed by atoms with E-state index in [0.717, 1.165) is 15.7 Å². The summed E-state index contributed by atoms with van der Waals surface area (Å²) in [7, 11) is 0. The van der Waals surface area contributed by atoms with Crippen LogP contribution in [0, 0.1) is 12.8 Å². The molecule has 22 heavy (non-hydrogen) atoms. The number of benzene rings is 1. The first kappa shape index (κ1) is 14.7. The van der Waals surface area contributed by atoms with Crippen molar-refractivity contribution in [1.82, 2.24) is 15.2 Å². The van der Waals surface area contributed by atoms with E-state index in [1.54, 1.807) is 4.90 Å². The fourth-order valence-corrected chi connectivity index (χ4v) is 2.66. The number of aromatic nitrogens is 3. The summed E-state index contributed by atoms with van der Waals surface area (Å²) in [4.78, 5) is 29.8.